The molecule has 0 unspecified atom stereocenters. The fourth-order valence-electron chi connectivity index (χ4n) is 2.88. The minimum absolute atomic E-state index is 0.318. The van der Waals surface area contributed by atoms with Crippen LogP contribution in [0, 0.1) is 0 Å². The van der Waals surface area contributed by atoms with Gasteiger partial charge < -0.3 is 0 Å². The number of likely N-dealkylation sites (N-methyl/N-ethyl adjacent to an activating group) is 2. The van der Waals surface area contributed by atoms with Gasteiger partial charge in [0.2, 0.25) is 11.8 Å². The van der Waals surface area contributed by atoms with Gasteiger partial charge in [0, 0.05) is 26.9 Å². The average molecular weight is 282 g/mol. The Balaban J connectivity index is 2.54. The summed E-state index contributed by atoms with van der Waals surface area (Å²) in [5, 5.41) is 0. The lowest BCUT2D eigenvalue weighted by Crippen LogP contribution is -2.48. The van der Waals surface area contributed by atoms with Crippen LogP contribution in [0.15, 0.2) is 0 Å². The predicted octanol–water partition coefficient (Wildman–Crippen LogP) is 0.247. The normalized spacial score (nSPS) is 25.6. The highest BCUT2D eigenvalue weighted by molar-refractivity contribution is 6.01. The molecule has 20 heavy (non-hydrogen) atoms. The SMILES string of the molecule is CCN1C(=O)N(C(C)=O)[C@H]2[C@H]1N(C(C)=O)C(=O)N2CC. The van der Waals surface area contributed by atoms with E-state index in [-0.39, 0.29) is 0 Å². The van der Waals surface area contributed by atoms with Crippen molar-refractivity contribution >= 4 is 23.9 Å². The number of fused-ring (bicyclic) bond motifs is 1. The van der Waals surface area contributed by atoms with Crippen molar-refractivity contribution in [2.24, 2.45) is 0 Å². The highest BCUT2D eigenvalue weighted by atomic mass is 16.2. The van der Waals surface area contributed by atoms with Crippen LogP contribution >= 0.6 is 0 Å². The van der Waals surface area contributed by atoms with Crippen LogP contribution < -0.4 is 0 Å². The van der Waals surface area contributed by atoms with Crippen molar-refractivity contribution in [1.29, 1.82) is 0 Å². The van der Waals surface area contributed by atoms with Crippen LogP contribution in [-0.4, -0.2) is 68.9 Å². The largest absolute Gasteiger partial charge is 0.330 e. The lowest BCUT2D eigenvalue weighted by atomic mass is 10.3. The molecule has 2 aliphatic rings. The van der Waals surface area contributed by atoms with Crippen LogP contribution in [0.25, 0.3) is 0 Å². The zero-order valence-corrected chi connectivity index (χ0v) is 12.0. The van der Waals surface area contributed by atoms with Crippen molar-refractivity contribution in [3.63, 3.8) is 0 Å². The molecule has 8 nitrogen and oxygen atoms in total. The third-order valence-electron chi connectivity index (χ3n) is 3.70. The number of carbonyl (C=O) groups excluding carboxylic acids is 4. The zero-order chi connectivity index (χ0) is 15.2. The number of urea groups is 2. The van der Waals surface area contributed by atoms with Gasteiger partial charge in [-0.15, -0.1) is 0 Å². The monoisotopic (exact) mass is 282 g/mol. The molecule has 0 aromatic rings. The average Bonchev–Trinajstić information content (AvgIpc) is 2.78. The van der Waals surface area contributed by atoms with E-state index in [2.05, 4.69) is 0 Å². The second-order valence-electron chi connectivity index (χ2n) is 4.74. The van der Waals surface area contributed by atoms with Gasteiger partial charge in [-0.25, -0.2) is 19.4 Å². The summed E-state index contributed by atoms with van der Waals surface area (Å²) >= 11 is 0. The Labute approximate surface area is 116 Å². The summed E-state index contributed by atoms with van der Waals surface area (Å²) < 4.78 is 0. The molecule has 0 radical (unpaired) electrons. The quantitative estimate of drug-likeness (QED) is 0.727. The molecule has 0 bridgehead atoms. The molecule has 0 aromatic heterocycles. The third-order valence-corrected chi connectivity index (χ3v) is 3.70. The summed E-state index contributed by atoms with van der Waals surface area (Å²) in [6.45, 7) is 6.69. The maximum Gasteiger partial charge on any atom is 0.330 e. The molecule has 8 heteroatoms. The van der Waals surface area contributed by atoms with Crippen molar-refractivity contribution < 1.29 is 19.2 Å². The Morgan fingerprint density at radius 3 is 1.35 bits per heavy atom. The fourth-order valence-corrected chi connectivity index (χ4v) is 2.88. The van der Waals surface area contributed by atoms with Gasteiger partial charge in [-0.2, -0.15) is 0 Å². The first-order valence-corrected chi connectivity index (χ1v) is 6.57. The molecule has 0 spiro atoms. The van der Waals surface area contributed by atoms with Gasteiger partial charge in [0.25, 0.3) is 0 Å². The summed E-state index contributed by atoms with van der Waals surface area (Å²) in [5.41, 5.74) is 0. The molecule has 0 N–H and O–H groups in total. The van der Waals surface area contributed by atoms with E-state index in [1.165, 1.54) is 23.6 Å². The van der Waals surface area contributed by atoms with Crippen LogP contribution in [0.2, 0.25) is 0 Å². The molecule has 2 saturated heterocycles. The maximum absolute atomic E-state index is 12.3. The number of carbonyl (C=O) groups is 4. The van der Waals surface area contributed by atoms with Crippen molar-refractivity contribution in [2.45, 2.75) is 40.0 Å². The number of amides is 6. The molecule has 0 aromatic carbocycles. The van der Waals surface area contributed by atoms with Gasteiger partial charge in [0.1, 0.15) is 0 Å². The Morgan fingerprint density at radius 2 is 1.15 bits per heavy atom. The Kier molecular flexibility index (Phi) is 3.41. The molecule has 0 aliphatic carbocycles. The van der Waals surface area contributed by atoms with Gasteiger partial charge in [-0.05, 0) is 13.8 Å². The summed E-state index contributed by atoms with van der Waals surface area (Å²) in [6, 6.07) is -0.931. The summed E-state index contributed by atoms with van der Waals surface area (Å²) in [5.74, 6) is -0.866. The number of nitrogens with zero attached hydrogens (tertiary/aromatic N) is 4. The number of hydrogen-bond acceptors (Lipinski definition) is 4. The van der Waals surface area contributed by atoms with Crippen LogP contribution in [0.5, 0.6) is 0 Å². The second-order valence-corrected chi connectivity index (χ2v) is 4.74. The van der Waals surface area contributed by atoms with Crippen molar-refractivity contribution in [2.75, 3.05) is 13.1 Å². The van der Waals surface area contributed by atoms with Crippen LogP contribution in [0.3, 0.4) is 0 Å². The van der Waals surface area contributed by atoms with Crippen LogP contribution in [0.4, 0.5) is 9.59 Å². The Bertz CT molecular complexity index is 448. The third kappa shape index (κ3) is 1.67. The molecule has 2 fully saturated rings. The highest BCUT2D eigenvalue weighted by Gasteiger charge is 2.60. The van der Waals surface area contributed by atoms with E-state index in [1.54, 1.807) is 13.8 Å². The Morgan fingerprint density at radius 1 is 0.850 bits per heavy atom. The van der Waals surface area contributed by atoms with Gasteiger partial charge in [-0.3, -0.25) is 19.4 Å². The first kappa shape index (κ1) is 14.3. The van der Waals surface area contributed by atoms with Crippen LogP contribution in [0.1, 0.15) is 27.7 Å². The predicted molar refractivity (Wildman–Crippen MR) is 68.2 cm³/mol. The topological polar surface area (TPSA) is 81.2 Å². The lowest BCUT2D eigenvalue weighted by molar-refractivity contribution is -0.131. The minimum atomic E-state index is -0.735. The van der Waals surface area contributed by atoms with Gasteiger partial charge in [-0.1, -0.05) is 0 Å². The molecule has 6 amide bonds. The summed E-state index contributed by atoms with van der Waals surface area (Å²) in [7, 11) is 0. The van der Waals surface area contributed by atoms with E-state index < -0.39 is 36.2 Å². The van der Waals surface area contributed by atoms with E-state index in [1.807, 2.05) is 0 Å². The van der Waals surface area contributed by atoms with Gasteiger partial charge in [0.05, 0.1) is 0 Å². The van der Waals surface area contributed by atoms with E-state index >= 15 is 0 Å². The highest BCUT2D eigenvalue weighted by Crippen LogP contribution is 2.34. The number of imide groups is 2. The molecule has 2 rings (SSSR count). The van der Waals surface area contributed by atoms with Crippen molar-refractivity contribution in [1.82, 2.24) is 19.6 Å². The molecule has 110 valence electrons. The fraction of sp³-hybridized carbons (Fsp3) is 0.667. The zero-order valence-electron chi connectivity index (χ0n) is 12.0. The first-order valence-electron chi connectivity index (χ1n) is 6.57. The second kappa shape index (κ2) is 4.77. The van der Waals surface area contributed by atoms with Crippen molar-refractivity contribution in [3.8, 4) is 0 Å². The first-order chi connectivity index (χ1) is 9.36. The van der Waals surface area contributed by atoms with E-state index in [4.69, 9.17) is 0 Å². The minimum Gasteiger partial charge on any atom is -0.299 e. The number of hydrogen-bond donors (Lipinski definition) is 0. The molecule has 0 saturated carbocycles. The van der Waals surface area contributed by atoms with Crippen LogP contribution in [-0.2, 0) is 9.59 Å². The molecule has 2 aliphatic heterocycles. The maximum atomic E-state index is 12.3. The molecular formula is C12H18N4O4. The van der Waals surface area contributed by atoms with Gasteiger partial charge >= 0.3 is 12.1 Å². The summed E-state index contributed by atoms with van der Waals surface area (Å²) in [4.78, 5) is 52.9. The number of rotatable bonds is 2. The van der Waals surface area contributed by atoms with E-state index in [9.17, 15) is 19.2 Å². The lowest BCUT2D eigenvalue weighted by Gasteiger charge is -2.26. The molecule has 2 heterocycles. The van der Waals surface area contributed by atoms with E-state index in [0.29, 0.717) is 13.1 Å². The van der Waals surface area contributed by atoms with E-state index in [0.717, 1.165) is 9.80 Å². The standard InChI is InChI=1S/C12H18N4O4/c1-5-13-9-10(16(8(4)18)11(13)19)14(6-2)12(20)15(9)7(3)17/h9-10H,5-6H2,1-4H3/t9-,10+. The molecule has 2 atom stereocenters. The summed E-state index contributed by atoms with van der Waals surface area (Å²) in [6.07, 6.45) is -1.47. The molecular weight excluding hydrogens is 264 g/mol. The van der Waals surface area contributed by atoms with Crippen molar-refractivity contribution in [3.05, 3.63) is 0 Å². The smallest absolute Gasteiger partial charge is 0.299 e. The Hall–Kier alpha value is -2.12. The van der Waals surface area contributed by atoms with Gasteiger partial charge in [0.15, 0.2) is 12.3 Å².